The van der Waals surface area contributed by atoms with E-state index in [1.807, 2.05) is 26.0 Å². The van der Waals surface area contributed by atoms with Crippen molar-refractivity contribution in [1.82, 2.24) is 24.9 Å². The van der Waals surface area contributed by atoms with E-state index < -0.39 is 6.04 Å². The average molecular weight is 494 g/mol. The molecule has 180 valence electrons. The van der Waals surface area contributed by atoms with Gasteiger partial charge in [-0.05, 0) is 57.2 Å². The fourth-order valence-electron chi connectivity index (χ4n) is 3.49. The lowest BCUT2D eigenvalue weighted by atomic mass is 10.2. The van der Waals surface area contributed by atoms with Crippen molar-refractivity contribution in [3.8, 4) is 11.4 Å². The second-order valence-electron chi connectivity index (χ2n) is 8.03. The molecule has 0 bridgehead atoms. The van der Waals surface area contributed by atoms with Gasteiger partial charge in [-0.3, -0.25) is 19.3 Å². The molecule has 2 N–H and O–H groups in total. The first-order chi connectivity index (χ1) is 16.8. The van der Waals surface area contributed by atoms with Crippen LogP contribution in [0.3, 0.4) is 0 Å². The Labute approximate surface area is 206 Å². The first kappa shape index (κ1) is 24.1. The molecule has 10 nitrogen and oxygen atoms in total. The molecule has 0 radical (unpaired) electrons. The standard InChI is InChI=1S/C24H24ClN7O3/c1-14-11-15(2)32(30-14)16(3)24(34)28-20-7-6-18(12-19(20)25)27-21(33)8-9-22-29-23(31-35-22)17-5-4-10-26-13-17/h4-7,10-13,16H,8-9H2,1-3H3,(H,27,33)(H,28,34). The zero-order valence-electron chi connectivity index (χ0n) is 19.4. The lowest BCUT2D eigenvalue weighted by Crippen LogP contribution is -2.25. The van der Waals surface area contributed by atoms with Crippen molar-refractivity contribution in [3.63, 3.8) is 0 Å². The van der Waals surface area contributed by atoms with E-state index in [-0.39, 0.29) is 24.7 Å². The van der Waals surface area contributed by atoms with Crippen molar-refractivity contribution in [3.05, 3.63) is 71.1 Å². The minimum Gasteiger partial charge on any atom is -0.339 e. The van der Waals surface area contributed by atoms with E-state index in [9.17, 15) is 9.59 Å². The summed E-state index contributed by atoms with van der Waals surface area (Å²) in [6.45, 7) is 5.53. The third-order valence-corrected chi connectivity index (χ3v) is 5.57. The number of benzene rings is 1. The molecule has 0 aliphatic rings. The molecular weight excluding hydrogens is 470 g/mol. The van der Waals surface area contributed by atoms with E-state index in [1.165, 1.54) is 0 Å². The Bertz CT molecular complexity index is 1350. The highest BCUT2D eigenvalue weighted by Crippen LogP contribution is 2.27. The molecule has 1 aromatic carbocycles. The van der Waals surface area contributed by atoms with E-state index in [0.717, 1.165) is 17.0 Å². The minimum atomic E-state index is -0.512. The van der Waals surface area contributed by atoms with Crippen molar-refractivity contribution in [1.29, 1.82) is 0 Å². The predicted molar refractivity (Wildman–Crippen MR) is 131 cm³/mol. The molecular formula is C24H24ClN7O3. The Kier molecular flexibility index (Phi) is 7.21. The number of rotatable bonds is 8. The number of nitrogens with zero attached hydrogens (tertiary/aromatic N) is 5. The minimum absolute atomic E-state index is 0.144. The van der Waals surface area contributed by atoms with Crippen LogP contribution in [0.5, 0.6) is 0 Å². The Morgan fingerprint density at radius 1 is 1.17 bits per heavy atom. The summed E-state index contributed by atoms with van der Waals surface area (Å²) >= 11 is 6.35. The number of carbonyl (C=O) groups is 2. The number of hydrogen-bond donors (Lipinski definition) is 2. The molecule has 3 aromatic heterocycles. The Balaban J connectivity index is 1.31. The number of aromatic nitrogens is 5. The molecule has 1 atom stereocenters. The zero-order chi connectivity index (χ0) is 24.9. The van der Waals surface area contributed by atoms with Crippen LogP contribution >= 0.6 is 11.6 Å². The van der Waals surface area contributed by atoms with Gasteiger partial charge in [0.1, 0.15) is 6.04 Å². The monoisotopic (exact) mass is 493 g/mol. The highest BCUT2D eigenvalue weighted by Gasteiger charge is 2.19. The van der Waals surface area contributed by atoms with Gasteiger partial charge in [-0.15, -0.1) is 0 Å². The summed E-state index contributed by atoms with van der Waals surface area (Å²) in [6.07, 6.45) is 3.72. The van der Waals surface area contributed by atoms with Crippen molar-refractivity contribution in [2.24, 2.45) is 0 Å². The number of halogens is 1. The maximum absolute atomic E-state index is 12.7. The van der Waals surface area contributed by atoms with Gasteiger partial charge >= 0.3 is 0 Å². The third kappa shape index (κ3) is 5.90. The number of anilines is 2. The van der Waals surface area contributed by atoms with Gasteiger partial charge in [-0.25, -0.2) is 0 Å². The predicted octanol–water partition coefficient (Wildman–Crippen LogP) is 4.37. The number of carbonyl (C=O) groups excluding carboxylic acids is 2. The van der Waals surface area contributed by atoms with E-state index in [2.05, 4.69) is 30.9 Å². The number of aryl methyl sites for hydroxylation is 3. The van der Waals surface area contributed by atoms with Crippen LogP contribution in [0.1, 0.15) is 36.7 Å². The van der Waals surface area contributed by atoms with Gasteiger partial charge in [0.05, 0.1) is 16.4 Å². The maximum Gasteiger partial charge on any atom is 0.248 e. The summed E-state index contributed by atoms with van der Waals surface area (Å²) in [5, 5.41) is 14.2. The highest BCUT2D eigenvalue weighted by molar-refractivity contribution is 6.34. The van der Waals surface area contributed by atoms with Crippen molar-refractivity contribution in [2.75, 3.05) is 10.6 Å². The number of nitrogens with one attached hydrogen (secondary N) is 2. The third-order valence-electron chi connectivity index (χ3n) is 5.26. The van der Waals surface area contributed by atoms with E-state index in [1.54, 1.807) is 48.3 Å². The quantitative estimate of drug-likeness (QED) is 0.373. The Morgan fingerprint density at radius 2 is 2.00 bits per heavy atom. The maximum atomic E-state index is 12.7. The lowest BCUT2D eigenvalue weighted by Gasteiger charge is -2.16. The van der Waals surface area contributed by atoms with Gasteiger partial charge in [0.2, 0.25) is 23.5 Å². The highest BCUT2D eigenvalue weighted by atomic mass is 35.5. The van der Waals surface area contributed by atoms with Gasteiger partial charge in [-0.1, -0.05) is 16.8 Å². The molecule has 35 heavy (non-hydrogen) atoms. The summed E-state index contributed by atoms with van der Waals surface area (Å²) in [4.78, 5) is 33.4. The number of hydrogen-bond acceptors (Lipinski definition) is 7. The fraction of sp³-hybridized carbons (Fsp3) is 0.250. The van der Waals surface area contributed by atoms with E-state index >= 15 is 0 Å². The molecule has 0 saturated heterocycles. The molecule has 0 spiro atoms. The van der Waals surface area contributed by atoms with Gasteiger partial charge in [0, 0.05) is 42.2 Å². The number of amides is 2. The molecule has 4 aromatic rings. The summed E-state index contributed by atoms with van der Waals surface area (Å²) in [5.41, 5.74) is 3.41. The largest absolute Gasteiger partial charge is 0.339 e. The normalized spacial score (nSPS) is 11.8. The molecule has 0 aliphatic carbocycles. The fourth-order valence-corrected chi connectivity index (χ4v) is 3.72. The van der Waals surface area contributed by atoms with Crippen LogP contribution in [0.4, 0.5) is 11.4 Å². The number of pyridine rings is 1. The lowest BCUT2D eigenvalue weighted by molar-refractivity contribution is -0.119. The van der Waals surface area contributed by atoms with Gasteiger partial charge in [0.15, 0.2) is 0 Å². The Hall–Kier alpha value is -4.05. The molecule has 4 rings (SSSR count). The van der Waals surface area contributed by atoms with Gasteiger partial charge in [0.25, 0.3) is 0 Å². The first-order valence-electron chi connectivity index (χ1n) is 11.0. The summed E-state index contributed by atoms with van der Waals surface area (Å²) in [7, 11) is 0. The van der Waals surface area contributed by atoms with Crippen LogP contribution in [-0.4, -0.2) is 36.7 Å². The molecule has 0 saturated carbocycles. The summed E-state index contributed by atoms with van der Waals surface area (Å²) in [5.74, 6) is 0.286. The van der Waals surface area contributed by atoms with Crippen LogP contribution in [0.25, 0.3) is 11.4 Å². The summed E-state index contributed by atoms with van der Waals surface area (Å²) < 4.78 is 6.88. The van der Waals surface area contributed by atoms with Gasteiger partial charge in [-0.2, -0.15) is 10.1 Å². The average Bonchev–Trinajstić information content (AvgIpc) is 3.45. The van der Waals surface area contributed by atoms with E-state index in [4.69, 9.17) is 16.1 Å². The molecule has 1 unspecified atom stereocenters. The molecule has 3 heterocycles. The van der Waals surface area contributed by atoms with Crippen LogP contribution in [0.15, 0.2) is 53.3 Å². The van der Waals surface area contributed by atoms with Crippen molar-refractivity contribution in [2.45, 2.75) is 39.7 Å². The second-order valence-corrected chi connectivity index (χ2v) is 8.44. The zero-order valence-corrected chi connectivity index (χ0v) is 20.2. The summed E-state index contributed by atoms with van der Waals surface area (Å²) in [6, 6.07) is 9.89. The van der Waals surface area contributed by atoms with E-state index in [0.29, 0.717) is 28.1 Å². The van der Waals surface area contributed by atoms with Crippen LogP contribution in [0.2, 0.25) is 5.02 Å². The van der Waals surface area contributed by atoms with Gasteiger partial charge < -0.3 is 15.2 Å². The molecule has 11 heteroatoms. The van der Waals surface area contributed by atoms with Crippen LogP contribution in [0, 0.1) is 13.8 Å². The topological polar surface area (TPSA) is 128 Å². The smallest absolute Gasteiger partial charge is 0.248 e. The molecule has 0 aliphatic heterocycles. The Morgan fingerprint density at radius 3 is 2.69 bits per heavy atom. The molecule has 0 fully saturated rings. The van der Waals surface area contributed by atoms with Crippen LogP contribution in [-0.2, 0) is 16.0 Å². The van der Waals surface area contributed by atoms with Crippen molar-refractivity contribution < 1.29 is 14.1 Å². The molecule has 2 amide bonds. The van der Waals surface area contributed by atoms with Crippen molar-refractivity contribution >= 4 is 34.8 Å². The van der Waals surface area contributed by atoms with Crippen LogP contribution < -0.4 is 10.6 Å². The SMILES string of the molecule is Cc1cc(C)n(C(C)C(=O)Nc2ccc(NC(=O)CCc3nc(-c4cccnc4)no3)cc2Cl)n1. The second kappa shape index (κ2) is 10.5. The first-order valence-corrected chi connectivity index (χ1v) is 11.3.